The number of hydrogen-bond donors (Lipinski definition) is 2. The Balaban J connectivity index is 2.42. The second-order valence-corrected chi connectivity index (χ2v) is 6.47. The number of pyridine rings is 1. The van der Waals surface area contributed by atoms with Gasteiger partial charge in [0.1, 0.15) is 11.3 Å². The molecule has 6 heteroatoms. The van der Waals surface area contributed by atoms with Gasteiger partial charge in [-0.15, -0.1) is 0 Å². The zero-order chi connectivity index (χ0) is 16.7. The number of fused-ring (bicyclic) bond motifs is 1. The lowest BCUT2D eigenvalue weighted by Gasteiger charge is -2.12. The molecular formula is C17H11BrClNO3. The molecule has 0 spiro atoms. The Bertz CT molecular complexity index is 939. The van der Waals surface area contributed by atoms with Gasteiger partial charge in [-0.2, -0.15) is 0 Å². The van der Waals surface area contributed by atoms with E-state index in [1.807, 2.05) is 13.0 Å². The summed E-state index contributed by atoms with van der Waals surface area (Å²) < 4.78 is 0.727. The van der Waals surface area contributed by atoms with Crippen molar-refractivity contribution in [1.82, 2.24) is 4.98 Å². The number of carbonyl (C=O) groups is 1. The fourth-order valence-electron chi connectivity index (χ4n) is 2.51. The summed E-state index contributed by atoms with van der Waals surface area (Å²) in [5.41, 5.74) is 2.00. The van der Waals surface area contributed by atoms with Gasteiger partial charge in [-0.3, -0.25) is 0 Å². The van der Waals surface area contributed by atoms with E-state index in [0.29, 0.717) is 21.5 Å². The number of aryl methyl sites for hydroxylation is 1. The van der Waals surface area contributed by atoms with E-state index in [2.05, 4.69) is 20.9 Å². The van der Waals surface area contributed by atoms with E-state index < -0.39 is 5.97 Å². The first-order chi connectivity index (χ1) is 10.9. The molecule has 0 atom stereocenters. The highest BCUT2D eigenvalue weighted by atomic mass is 79.9. The van der Waals surface area contributed by atoms with Crippen LogP contribution in [0.3, 0.4) is 0 Å². The molecule has 2 N–H and O–H groups in total. The van der Waals surface area contributed by atoms with Crippen LogP contribution in [0.2, 0.25) is 5.02 Å². The maximum absolute atomic E-state index is 11.7. The number of aromatic nitrogens is 1. The van der Waals surface area contributed by atoms with Crippen LogP contribution in [0.5, 0.6) is 5.75 Å². The first kappa shape index (κ1) is 15.8. The van der Waals surface area contributed by atoms with Crippen molar-refractivity contribution in [3.05, 3.63) is 57.0 Å². The molecular weight excluding hydrogens is 382 g/mol. The van der Waals surface area contributed by atoms with Gasteiger partial charge in [0.05, 0.1) is 5.52 Å². The van der Waals surface area contributed by atoms with Crippen molar-refractivity contribution >= 4 is 44.4 Å². The van der Waals surface area contributed by atoms with Crippen LogP contribution >= 0.6 is 27.5 Å². The predicted molar refractivity (Wildman–Crippen MR) is 93.3 cm³/mol. The molecule has 1 aromatic heterocycles. The van der Waals surface area contributed by atoms with E-state index in [0.717, 1.165) is 10.0 Å². The van der Waals surface area contributed by atoms with Crippen molar-refractivity contribution in [2.24, 2.45) is 0 Å². The molecule has 4 nitrogen and oxygen atoms in total. The summed E-state index contributed by atoms with van der Waals surface area (Å²) >= 11 is 9.22. The number of carboxylic acid groups (broad SMARTS) is 1. The molecule has 0 aliphatic carbocycles. The van der Waals surface area contributed by atoms with Crippen LogP contribution < -0.4 is 0 Å². The van der Waals surface area contributed by atoms with Crippen LogP contribution in [0.25, 0.3) is 22.2 Å². The topological polar surface area (TPSA) is 70.4 Å². The van der Waals surface area contributed by atoms with Gasteiger partial charge in [-0.25, -0.2) is 9.78 Å². The van der Waals surface area contributed by atoms with Gasteiger partial charge in [-0.05, 0) is 36.8 Å². The smallest absolute Gasteiger partial charge is 0.340 e. The van der Waals surface area contributed by atoms with E-state index in [4.69, 9.17) is 11.6 Å². The number of benzene rings is 2. The quantitative estimate of drug-likeness (QED) is 0.641. The second kappa shape index (κ2) is 5.83. The lowest BCUT2D eigenvalue weighted by molar-refractivity contribution is 0.0696. The van der Waals surface area contributed by atoms with Crippen molar-refractivity contribution in [2.75, 3.05) is 0 Å². The molecule has 0 aliphatic rings. The van der Waals surface area contributed by atoms with E-state index in [9.17, 15) is 15.0 Å². The number of hydrogen-bond acceptors (Lipinski definition) is 3. The Hall–Kier alpha value is -2.11. The van der Waals surface area contributed by atoms with E-state index >= 15 is 0 Å². The zero-order valence-corrected chi connectivity index (χ0v) is 14.3. The van der Waals surface area contributed by atoms with Crippen LogP contribution in [0.15, 0.2) is 40.9 Å². The summed E-state index contributed by atoms with van der Waals surface area (Å²) in [7, 11) is 0. The minimum atomic E-state index is -1.21. The number of aromatic hydroxyl groups is 1. The fraction of sp³-hybridized carbons (Fsp3) is 0.0588. The molecule has 0 fully saturated rings. The van der Waals surface area contributed by atoms with Crippen LogP contribution in [0, 0.1) is 6.92 Å². The summed E-state index contributed by atoms with van der Waals surface area (Å²) in [6, 6.07) is 10.2. The first-order valence-electron chi connectivity index (χ1n) is 6.70. The van der Waals surface area contributed by atoms with E-state index in [1.54, 1.807) is 30.3 Å². The third-order valence-electron chi connectivity index (χ3n) is 3.55. The maximum atomic E-state index is 11.7. The minimum Gasteiger partial charge on any atom is -0.505 e. The number of rotatable bonds is 2. The fourth-order valence-corrected chi connectivity index (χ4v) is 3.21. The summed E-state index contributed by atoms with van der Waals surface area (Å²) in [5, 5.41) is 20.9. The largest absolute Gasteiger partial charge is 0.505 e. The molecule has 1 heterocycles. The minimum absolute atomic E-state index is 0.163. The van der Waals surface area contributed by atoms with Gasteiger partial charge in [0, 0.05) is 20.4 Å². The Kier molecular flexibility index (Phi) is 4.00. The average Bonchev–Trinajstić information content (AvgIpc) is 2.47. The zero-order valence-electron chi connectivity index (χ0n) is 12.0. The third kappa shape index (κ3) is 2.78. The van der Waals surface area contributed by atoms with Crippen molar-refractivity contribution in [1.29, 1.82) is 0 Å². The average molecular weight is 393 g/mol. The van der Waals surface area contributed by atoms with Crippen LogP contribution in [0.1, 0.15) is 15.9 Å². The lowest BCUT2D eigenvalue weighted by atomic mass is 10.0. The molecule has 0 radical (unpaired) electrons. The van der Waals surface area contributed by atoms with Crippen LogP contribution in [-0.4, -0.2) is 21.2 Å². The first-order valence-corrected chi connectivity index (χ1v) is 7.87. The molecule has 3 aromatic rings. The van der Waals surface area contributed by atoms with Gasteiger partial charge < -0.3 is 10.2 Å². The maximum Gasteiger partial charge on any atom is 0.340 e. The van der Waals surface area contributed by atoms with E-state index in [-0.39, 0.29) is 17.0 Å². The normalized spacial score (nSPS) is 10.9. The highest BCUT2D eigenvalue weighted by molar-refractivity contribution is 9.10. The number of halogens is 2. The van der Waals surface area contributed by atoms with Crippen LogP contribution in [-0.2, 0) is 0 Å². The SMILES string of the molecule is Cc1cc(Br)cc2c(C(=O)O)c(O)c(-c3ccc(Cl)cc3)nc12. The highest BCUT2D eigenvalue weighted by Gasteiger charge is 2.22. The Morgan fingerprint density at radius 3 is 2.48 bits per heavy atom. The summed E-state index contributed by atoms with van der Waals surface area (Å²) in [4.78, 5) is 16.2. The van der Waals surface area contributed by atoms with Gasteiger partial charge in [0.25, 0.3) is 0 Å². The second-order valence-electron chi connectivity index (χ2n) is 5.11. The van der Waals surface area contributed by atoms with Gasteiger partial charge in [-0.1, -0.05) is 39.7 Å². The molecule has 2 aromatic carbocycles. The Morgan fingerprint density at radius 2 is 1.87 bits per heavy atom. The highest BCUT2D eigenvalue weighted by Crippen LogP contribution is 2.37. The number of carboxylic acids is 1. The molecule has 0 aliphatic heterocycles. The number of aromatic carboxylic acids is 1. The molecule has 23 heavy (non-hydrogen) atoms. The van der Waals surface area contributed by atoms with E-state index in [1.165, 1.54) is 0 Å². The molecule has 0 bridgehead atoms. The van der Waals surface area contributed by atoms with Crippen molar-refractivity contribution < 1.29 is 15.0 Å². The molecule has 0 saturated heterocycles. The molecule has 0 unspecified atom stereocenters. The van der Waals surface area contributed by atoms with Gasteiger partial charge >= 0.3 is 5.97 Å². The van der Waals surface area contributed by atoms with Crippen molar-refractivity contribution in [3.63, 3.8) is 0 Å². The van der Waals surface area contributed by atoms with Crippen molar-refractivity contribution in [3.8, 4) is 17.0 Å². The van der Waals surface area contributed by atoms with Gasteiger partial charge in [0.2, 0.25) is 0 Å². The summed E-state index contributed by atoms with van der Waals surface area (Å²) in [5.74, 6) is -1.56. The standard InChI is InChI=1S/C17H11BrClNO3/c1-8-6-10(18)7-12-13(17(22)23)16(21)15(20-14(8)12)9-2-4-11(19)5-3-9/h2-7,21H,1H3,(H,22,23). The molecule has 3 rings (SSSR count). The Labute approximate surface area is 145 Å². The van der Waals surface area contributed by atoms with Gasteiger partial charge in [0.15, 0.2) is 5.75 Å². The molecule has 0 saturated carbocycles. The number of nitrogens with zero attached hydrogens (tertiary/aromatic N) is 1. The summed E-state index contributed by atoms with van der Waals surface area (Å²) in [6.07, 6.45) is 0. The molecule has 0 amide bonds. The van der Waals surface area contributed by atoms with Crippen molar-refractivity contribution in [2.45, 2.75) is 6.92 Å². The molecule has 116 valence electrons. The third-order valence-corrected chi connectivity index (χ3v) is 4.26. The Morgan fingerprint density at radius 1 is 1.22 bits per heavy atom. The monoisotopic (exact) mass is 391 g/mol. The summed E-state index contributed by atoms with van der Waals surface area (Å²) in [6.45, 7) is 1.84. The van der Waals surface area contributed by atoms with Crippen LogP contribution in [0.4, 0.5) is 0 Å². The lowest BCUT2D eigenvalue weighted by Crippen LogP contribution is -2.02. The predicted octanol–water partition coefficient (Wildman–Crippen LogP) is 5.03.